The Kier molecular flexibility index (Phi) is 5.74. The van der Waals surface area contributed by atoms with Crippen LogP contribution in [0.4, 0.5) is 0 Å². The van der Waals surface area contributed by atoms with Crippen LogP contribution in [-0.4, -0.2) is 31.8 Å². The van der Waals surface area contributed by atoms with Crippen LogP contribution >= 0.6 is 0 Å². The number of methoxy groups -OCH3 is 1. The highest BCUT2D eigenvalue weighted by Gasteiger charge is 2.42. The van der Waals surface area contributed by atoms with Gasteiger partial charge in [0, 0.05) is 25.1 Å². The Morgan fingerprint density at radius 2 is 2.15 bits per heavy atom. The SMILES string of the molecule is C=CCNC(=O)[C@@]1(Cc2cccc(-c3ccccc3OC)c2)CCCO1. The zero-order valence-corrected chi connectivity index (χ0v) is 15.2. The van der Waals surface area contributed by atoms with Crippen molar-refractivity contribution < 1.29 is 14.3 Å². The number of rotatable bonds is 7. The molecule has 26 heavy (non-hydrogen) atoms. The quantitative estimate of drug-likeness (QED) is 0.773. The average molecular weight is 351 g/mol. The third kappa shape index (κ3) is 3.81. The molecule has 0 bridgehead atoms. The summed E-state index contributed by atoms with van der Waals surface area (Å²) in [7, 11) is 1.67. The maximum Gasteiger partial charge on any atom is 0.252 e. The summed E-state index contributed by atoms with van der Waals surface area (Å²) >= 11 is 0. The standard InChI is InChI=1S/C22H25NO3/c1-3-13-23-21(24)22(12-7-14-26-22)16-17-8-6-9-18(15-17)19-10-4-5-11-20(19)25-2/h3-6,8-11,15H,1,7,12-14,16H2,2H3,(H,23,24)/t22-/m0/s1. The molecule has 0 aromatic heterocycles. The maximum atomic E-state index is 12.7. The molecular formula is C22H25NO3. The molecule has 0 aliphatic carbocycles. The van der Waals surface area contributed by atoms with E-state index in [9.17, 15) is 4.79 Å². The molecule has 1 N–H and O–H groups in total. The van der Waals surface area contributed by atoms with Gasteiger partial charge in [-0.3, -0.25) is 4.79 Å². The zero-order valence-electron chi connectivity index (χ0n) is 15.2. The predicted octanol–water partition coefficient (Wildman–Crippen LogP) is 3.76. The van der Waals surface area contributed by atoms with E-state index in [0.717, 1.165) is 35.3 Å². The summed E-state index contributed by atoms with van der Waals surface area (Å²) in [4.78, 5) is 12.7. The van der Waals surface area contributed by atoms with Gasteiger partial charge in [-0.2, -0.15) is 0 Å². The molecule has 0 spiro atoms. The molecule has 0 saturated carbocycles. The highest BCUT2D eigenvalue weighted by Crippen LogP contribution is 2.33. The zero-order chi connectivity index (χ0) is 18.4. The van der Waals surface area contributed by atoms with Gasteiger partial charge in [-0.15, -0.1) is 6.58 Å². The van der Waals surface area contributed by atoms with Gasteiger partial charge in [0.25, 0.3) is 5.91 Å². The van der Waals surface area contributed by atoms with E-state index in [2.05, 4.69) is 24.0 Å². The summed E-state index contributed by atoms with van der Waals surface area (Å²) < 4.78 is 11.4. The van der Waals surface area contributed by atoms with Gasteiger partial charge in [-0.1, -0.05) is 48.5 Å². The summed E-state index contributed by atoms with van der Waals surface area (Å²) in [5.74, 6) is 0.776. The summed E-state index contributed by atoms with van der Waals surface area (Å²) in [6.07, 6.45) is 3.87. The highest BCUT2D eigenvalue weighted by molar-refractivity contribution is 5.86. The molecule has 2 aromatic rings. The monoisotopic (exact) mass is 351 g/mol. The Morgan fingerprint density at radius 1 is 1.31 bits per heavy atom. The number of para-hydroxylation sites is 1. The van der Waals surface area contributed by atoms with Crippen LogP contribution in [0.3, 0.4) is 0 Å². The first kappa shape index (κ1) is 18.2. The van der Waals surface area contributed by atoms with Crippen LogP contribution in [0.25, 0.3) is 11.1 Å². The van der Waals surface area contributed by atoms with Gasteiger partial charge < -0.3 is 14.8 Å². The van der Waals surface area contributed by atoms with E-state index in [4.69, 9.17) is 9.47 Å². The number of hydrogen-bond acceptors (Lipinski definition) is 3. The van der Waals surface area contributed by atoms with Gasteiger partial charge in [0.1, 0.15) is 5.75 Å². The molecule has 4 heteroatoms. The molecule has 0 radical (unpaired) electrons. The highest BCUT2D eigenvalue weighted by atomic mass is 16.5. The first-order chi connectivity index (χ1) is 12.7. The summed E-state index contributed by atoms with van der Waals surface area (Å²) in [6.45, 7) is 4.73. The van der Waals surface area contributed by atoms with Crippen LogP contribution in [-0.2, 0) is 16.0 Å². The summed E-state index contributed by atoms with van der Waals surface area (Å²) in [6, 6.07) is 16.2. The average Bonchev–Trinajstić information content (AvgIpc) is 3.16. The Labute approximate surface area is 154 Å². The fraction of sp³-hybridized carbons (Fsp3) is 0.318. The van der Waals surface area contributed by atoms with Crippen molar-refractivity contribution in [2.45, 2.75) is 24.9 Å². The minimum absolute atomic E-state index is 0.0578. The van der Waals surface area contributed by atoms with Crippen molar-refractivity contribution in [2.24, 2.45) is 0 Å². The van der Waals surface area contributed by atoms with E-state index >= 15 is 0 Å². The molecule has 1 heterocycles. The summed E-state index contributed by atoms with van der Waals surface area (Å²) in [5, 5.41) is 2.90. The van der Waals surface area contributed by atoms with Crippen molar-refractivity contribution in [2.75, 3.05) is 20.3 Å². The van der Waals surface area contributed by atoms with Crippen molar-refractivity contribution in [1.82, 2.24) is 5.32 Å². The first-order valence-electron chi connectivity index (χ1n) is 8.94. The third-order valence-corrected chi connectivity index (χ3v) is 4.76. The van der Waals surface area contributed by atoms with E-state index in [-0.39, 0.29) is 5.91 Å². The molecule has 3 rings (SSSR count). The lowest BCUT2D eigenvalue weighted by atomic mass is 9.89. The molecule has 1 atom stereocenters. The molecule has 4 nitrogen and oxygen atoms in total. The van der Waals surface area contributed by atoms with Gasteiger partial charge in [0.15, 0.2) is 5.60 Å². The van der Waals surface area contributed by atoms with Crippen LogP contribution in [0.15, 0.2) is 61.2 Å². The fourth-order valence-electron chi connectivity index (χ4n) is 3.48. The summed E-state index contributed by atoms with van der Waals surface area (Å²) in [5.41, 5.74) is 2.39. The molecule has 1 saturated heterocycles. The molecule has 136 valence electrons. The van der Waals surface area contributed by atoms with Crippen LogP contribution in [0, 0.1) is 0 Å². The number of ether oxygens (including phenoxy) is 2. The molecule has 1 aliphatic rings. The lowest BCUT2D eigenvalue weighted by Gasteiger charge is -2.27. The van der Waals surface area contributed by atoms with Gasteiger partial charge in [0.2, 0.25) is 0 Å². The minimum atomic E-state index is -0.789. The van der Waals surface area contributed by atoms with Crippen molar-refractivity contribution >= 4 is 5.91 Å². The lowest BCUT2D eigenvalue weighted by Crippen LogP contribution is -2.48. The number of nitrogens with one attached hydrogen (secondary N) is 1. The normalized spacial score (nSPS) is 19.1. The van der Waals surface area contributed by atoms with E-state index < -0.39 is 5.60 Å². The topological polar surface area (TPSA) is 47.6 Å². The predicted molar refractivity (Wildman–Crippen MR) is 103 cm³/mol. The Morgan fingerprint density at radius 3 is 2.88 bits per heavy atom. The minimum Gasteiger partial charge on any atom is -0.496 e. The molecule has 1 amide bonds. The Hall–Kier alpha value is -2.59. The second kappa shape index (κ2) is 8.19. The maximum absolute atomic E-state index is 12.7. The Bertz CT molecular complexity index is 778. The molecular weight excluding hydrogens is 326 g/mol. The van der Waals surface area contributed by atoms with Gasteiger partial charge in [-0.25, -0.2) is 0 Å². The van der Waals surface area contributed by atoms with Crippen LogP contribution in [0.2, 0.25) is 0 Å². The lowest BCUT2D eigenvalue weighted by molar-refractivity contribution is -0.141. The van der Waals surface area contributed by atoms with E-state index in [1.54, 1.807) is 13.2 Å². The largest absolute Gasteiger partial charge is 0.496 e. The van der Waals surface area contributed by atoms with Crippen LogP contribution in [0.1, 0.15) is 18.4 Å². The van der Waals surface area contributed by atoms with Gasteiger partial charge >= 0.3 is 0 Å². The molecule has 1 fully saturated rings. The number of carbonyl (C=O) groups is 1. The van der Waals surface area contributed by atoms with E-state index in [0.29, 0.717) is 19.6 Å². The van der Waals surface area contributed by atoms with Crippen LogP contribution in [0.5, 0.6) is 5.75 Å². The Balaban J connectivity index is 1.87. The van der Waals surface area contributed by atoms with Crippen molar-refractivity contribution in [1.29, 1.82) is 0 Å². The second-order valence-corrected chi connectivity index (χ2v) is 6.52. The van der Waals surface area contributed by atoms with Gasteiger partial charge in [0.05, 0.1) is 7.11 Å². The number of benzene rings is 2. The first-order valence-corrected chi connectivity index (χ1v) is 8.94. The fourth-order valence-corrected chi connectivity index (χ4v) is 3.48. The third-order valence-electron chi connectivity index (χ3n) is 4.76. The van der Waals surface area contributed by atoms with E-state index in [1.807, 2.05) is 36.4 Å². The number of carbonyl (C=O) groups excluding carboxylic acids is 1. The van der Waals surface area contributed by atoms with Crippen LogP contribution < -0.4 is 10.1 Å². The number of amides is 1. The second-order valence-electron chi connectivity index (χ2n) is 6.52. The number of hydrogen-bond donors (Lipinski definition) is 1. The van der Waals surface area contributed by atoms with E-state index in [1.165, 1.54) is 0 Å². The van der Waals surface area contributed by atoms with Gasteiger partial charge in [-0.05, 0) is 30.0 Å². The molecule has 1 aliphatic heterocycles. The molecule has 0 unspecified atom stereocenters. The van der Waals surface area contributed by atoms with Crippen molar-refractivity contribution in [3.63, 3.8) is 0 Å². The molecule has 2 aromatic carbocycles. The smallest absolute Gasteiger partial charge is 0.252 e. The van der Waals surface area contributed by atoms with Crippen molar-refractivity contribution in [3.8, 4) is 16.9 Å². The van der Waals surface area contributed by atoms with Crippen molar-refractivity contribution in [3.05, 3.63) is 66.7 Å².